The summed E-state index contributed by atoms with van der Waals surface area (Å²) in [6.07, 6.45) is 0. The molecule has 0 heterocycles. The monoisotopic (exact) mass is 295 g/mol. The van der Waals surface area contributed by atoms with Gasteiger partial charge in [0.1, 0.15) is 17.2 Å². The van der Waals surface area contributed by atoms with Crippen molar-refractivity contribution in [3.05, 3.63) is 65.2 Å². The van der Waals surface area contributed by atoms with Crippen LogP contribution in [-0.4, -0.2) is 5.91 Å². The van der Waals surface area contributed by atoms with Crippen molar-refractivity contribution in [3.63, 3.8) is 0 Å². The Kier molecular flexibility index (Phi) is 4.35. The second kappa shape index (κ2) is 6.01. The summed E-state index contributed by atoms with van der Waals surface area (Å²) in [6.45, 7) is 1.75. The first kappa shape index (κ1) is 14.5. The van der Waals surface area contributed by atoms with Gasteiger partial charge in [0.05, 0.1) is 5.38 Å². The molecule has 1 unspecified atom stereocenters. The number of halogens is 3. The Morgan fingerprint density at radius 3 is 2.30 bits per heavy atom. The highest BCUT2D eigenvalue weighted by atomic mass is 35.5. The van der Waals surface area contributed by atoms with Gasteiger partial charge in [-0.05, 0) is 30.7 Å². The van der Waals surface area contributed by atoms with E-state index >= 15 is 0 Å². The predicted octanol–water partition coefficient (Wildman–Crippen LogP) is 4.52. The van der Waals surface area contributed by atoms with Gasteiger partial charge in [0.2, 0.25) is 0 Å². The number of carbonyl (C=O) groups is 1. The van der Waals surface area contributed by atoms with Gasteiger partial charge in [0.15, 0.2) is 0 Å². The third-order valence-corrected chi connectivity index (χ3v) is 3.06. The predicted molar refractivity (Wildman–Crippen MR) is 75.0 cm³/mol. The molecule has 0 aromatic heterocycles. The van der Waals surface area contributed by atoms with Crippen molar-refractivity contribution in [1.82, 2.24) is 0 Å². The molecule has 2 rings (SSSR count). The van der Waals surface area contributed by atoms with Crippen LogP contribution in [0.15, 0.2) is 42.5 Å². The first-order valence-electron chi connectivity index (χ1n) is 5.99. The lowest BCUT2D eigenvalue weighted by Gasteiger charge is -2.13. The van der Waals surface area contributed by atoms with Crippen LogP contribution in [0.3, 0.4) is 0 Å². The number of hydrogen-bond acceptors (Lipinski definition) is 1. The molecular formula is C15H12ClF2NO. The van der Waals surface area contributed by atoms with Crippen molar-refractivity contribution in [1.29, 1.82) is 0 Å². The molecule has 0 aliphatic heterocycles. The largest absolute Gasteiger partial charge is 0.322 e. The van der Waals surface area contributed by atoms with E-state index in [9.17, 15) is 13.6 Å². The maximum atomic E-state index is 13.5. The summed E-state index contributed by atoms with van der Waals surface area (Å²) in [6, 6.07) is 10.1. The number of carbonyl (C=O) groups excluding carboxylic acids is 1. The number of nitrogens with one attached hydrogen (secondary N) is 1. The number of para-hydroxylation sites is 1. The topological polar surface area (TPSA) is 29.1 Å². The van der Waals surface area contributed by atoms with E-state index < -0.39 is 23.1 Å². The molecule has 0 spiro atoms. The van der Waals surface area contributed by atoms with E-state index in [4.69, 9.17) is 11.6 Å². The molecule has 0 aliphatic carbocycles. The van der Waals surface area contributed by atoms with E-state index in [0.717, 1.165) is 12.1 Å². The average molecular weight is 296 g/mol. The lowest BCUT2D eigenvalue weighted by Crippen LogP contribution is -2.16. The van der Waals surface area contributed by atoms with Gasteiger partial charge in [-0.1, -0.05) is 24.3 Å². The molecule has 0 bridgehead atoms. The zero-order valence-corrected chi connectivity index (χ0v) is 11.4. The zero-order chi connectivity index (χ0) is 14.7. The third-order valence-electron chi connectivity index (χ3n) is 2.83. The molecule has 5 heteroatoms. The molecule has 1 N–H and O–H groups in total. The number of rotatable bonds is 3. The van der Waals surface area contributed by atoms with Crippen LogP contribution < -0.4 is 5.32 Å². The fourth-order valence-electron chi connectivity index (χ4n) is 1.86. The summed E-state index contributed by atoms with van der Waals surface area (Å²) in [5.74, 6) is -2.65. The summed E-state index contributed by atoms with van der Waals surface area (Å²) in [5, 5.41) is 2.15. The van der Waals surface area contributed by atoms with Crippen LogP contribution >= 0.6 is 11.6 Å². The van der Waals surface area contributed by atoms with E-state index in [-0.39, 0.29) is 5.38 Å². The minimum absolute atomic E-state index is 0.336. The van der Waals surface area contributed by atoms with Crippen molar-refractivity contribution in [2.45, 2.75) is 12.3 Å². The van der Waals surface area contributed by atoms with Crippen LogP contribution in [0.2, 0.25) is 0 Å². The van der Waals surface area contributed by atoms with Gasteiger partial charge in [0, 0.05) is 5.69 Å². The van der Waals surface area contributed by atoms with Crippen molar-refractivity contribution in [2.75, 3.05) is 5.32 Å². The highest BCUT2D eigenvalue weighted by Crippen LogP contribution is 2.27. The van der Waals surface area contributed by atoms with Gasteiger partial charge in [0.25, 0.3) is 5.91 Å². The number of anilines is 1. The molecule has 2 aromatic carbocycles. The normalized spacial score (nSPS) is 12.0. The van der Waals surface area contributed by atoms with E-state index in [1.165, 1.54) is 6.07 Å². The molecule has 1 amide bonds. The molecule has 20 heavy (non-hydrogen) atoms. The number of benzene rings is 2. The first-order valence-corrected chi connectivity index (χ1v) is 6.42. The molecular weight excluding hydrogens is 284 g/mol. The molecule has 104 valence electrons. The Morgan fingerprint density at radius 2 is 1.70 bits per heavy atom. The lowest BCUT2D eigenvalue weighted by molar-refractivity contribution is 0.101. The Morgan fingerprint density at radius 1 is 1.10 bits per heavy atom. The molecule has 2 nitrogen and oxygen atoms in total. The standard InChI is InChI=1S/C15H12ClF2NO/c1-9(16)10-5-2-3-8-13(10)19-15(20)14-11(17)6-4-7-12(14)18/h2-9H,1H3,(H,19,20). The summed E-state index contributed by atoms with van der Waals surface area (Å²) >= 11 is 6.00. The van der Waals surface area contributed by atoms with Crippen LogP contribution in [0.5, 0.6) is 0 Å². The van der Waals surface area contributed by atoms with Gasteiger partial charge in [-0.3, -0.25) is 4.79 Å². The van der Waals surface area contributed by atoms with Crippen LogP contribution in [-0.2, 0) is 0 Å². The Balaban J connectivity index is 2.33. The molecule has 0 saturated carbocycles. The minimum Gasteiger partial charge on any atom is -0.322 e. The molecule has 0 saturated heterocycles. The van der Waals surface area contributed by atoms with Gasteiger partial charge >= 0.3 is 0 Å². The van der Waals surface area contributed by atoms with Crippen molar-refractivity contribution in [2.24, 2.45) is 0 Å². The van der Waals surface area contributed by atoms with Gasteiger partial charge in [-0.25, -0.2) is 8.78 Å². The summed E-state index contributed by atoms with van der Waals surface area (Å²) in [5.41, 5.74) is 0.506. The SMILES string of the molecule is CC(Cl)c1ccccc1NC(=O)c1c(F)cccc1F. The first-order chi connectivity index (χ1) is 9.50. The van der Waals surface area contributed by atoms with Crippen molar-refractivity contribution in [3.8, 4) is 0 Å². The Bertz CT molecular complexity index is 623. The fraction of sp³-hybridized carbons (Fsp3) is 0.133. The van der Waals surface area contributed by atoms with E-state index in [1.54, 1.807) is 31.2 Å². The second-order valence-corrected chi connectivity index (χ2v) is 4.91. The quantitative estimate of drug-likeness (QED) is 0.829. The Hall–Kier alpha value is -1.94. The molecule has 0 fully saturated rings. The van der Waals surface area contributed by atoms with Crippen molar-refractivity contribution >= 4 is 23.2 Å². The number of amides is 1. The minimum atomic E-state index is -0.904. The van der Waals surface area contributed by atoms with Crippen LogP contribution in [0.4, 0.5) is 14.5 Å². The van der Waals surface area contributed by atoms with E-state index in [0.29, 0.717) is 11.3 Å². The molecule has 0 radical (unpaired) electrons. The van der Waals surface area contributed by atoms with E-state index in [1.807, 2.05) is 0 Å². The van der Waals surface area contributed by atoms with Crippen LogP contribution in [0.25, 0.3) is 0 Å². The highest BCUT2D eigenvalue weighted by Gasteiger charge is 2.18. The molecule has 2 aromatic rings. The maximum Gasteiger partial charge on any atom is 0.261 e. The van der Waals surface area contributed by atoms with Gasteiger partial charge in [-0.2, -0.15) is 0 Å². The zero-order valence-electron chi connectivity index (χ0n) is 10.7. The Labute approximate surface area is 120 Å². The van der Waals surface area contributed by atoms with Gasteiger partial charge < -0.3 is 5.32 Å². The highest BCUT2D eigenvalue weighted by molar-refractivity contribution is 6.21. The number of alkyl halides is 1. The third kappa shape index (κ3) is 2.96. The number of hydrogen-bond donors (Lipinski definition) is 1. The summed E-state index contributed by atoms with van der Waals surface area (Å²) in [4.78, 5) is 12.0. The maximum absolute atomic E-state index is 13.5. The van der Waals surface area contributed by atoms with E-state index in [2.05, 4.69) is 5.32 Å². The average Bonchev–Trinajstić information content (AvgIpc) is 2.38. The van der Waals surface area contributed by atoms with Crippen LogP contribution in [0, 0.1) is 11.6 Å². The summed E-state index contributed by atoms with van der Waals surface area (Å²) in [7, 11) is 0. The smallest absolute Gasteiger partial charge is 0.261 e. The summed E-state index contributed by atoms with van der Waals surface area (Å²) < 4.78 is 27.1. The molecule has 1 atom stereocenters. The van der Waals surface area contributed by atoms with Crippen LogP contribution in [0.1, 0.15) is 28.2 Å². The van der Waals surface area contributed by atoms with Gasteiger partial charge in [-0.15, -0.1) is 11.6 Å². The lowest BCUT2D eigenvalue weighted by atomic mass is 10.1. The fourth-order valence-corrected chi connectivity index (χ4v) is 2.05. The van der Waals surface area contributed by atoms with Crippen molar-refractivity contribution < 1.29 is 13.6 Å². The molecule has 0 aliphatic rings. The second-order valence-electron chi connectivity index (χ2n) is 4.25.